The van der Waals surface area contributed by atoms with Crippen molar-refractivity contribution in [2.75, 3.05) is 0 Å². The van der Waals surface area contributed by atoms with Crippen molar-refractivity contribution in [1.29, 1.82) is 0 Å². The second-order valence-electron chi connectivity index (χ2n) is 3.76. The maximum Gasteiger partial charge on any atom is 0.463 e. The lowest BCUT2D eigenvalue weighted by molar-refractivity contribution is -0.270. The molecule has 15 heavy (non-hydrogen) atoms. The first kappa shape index (κ1) is 14.1. The Kier molecular flexibility index (Phi) is 3.71. The summed E-state index contributed by atoms with van der Waals surface area (Å²) in [6, 6.07) is 0. The summed E-state index contributed by atoms with van der Waals surface area (Å²) in [5.74, 6) is -7.67. The van der Waals surface area contributed by atoms with E-state index in [0.29, 0.717) is 0 Å². The fourth-order valence-electron chi connectivity index (χ4n) is 0.603. The molecule has 0 unspecified atom stereocenters. The molecular formula is C8H12F5NO. The quantitative estimate of drug-likeness (QED) is 0.745. The van der Waals surface area contributed by atoms with Gasteiger partial charge in [0.15, 0.2) is 0 Å². The summed E-state index contributed by atoms with van der Waals surface area (Å²) >= 11 is 0. The average Bonchev–Trinajstić information content (AvgIpc) is 2.01. The molecule has 90 valence electrons. The van der Waals surface area contributed by atoms with Gasteiger partial charge in [0.1, 0.15) is 0 Å². The van der Waals surface area contributed by atoms with Crippen molar-refractivity contribution in [2.24, 2.45) is 0 Å². The van der Waals surface area contributed by atoms with Crippen molar-refractivity contribution in [1.82, 2.24) is 5.32 Å². The minimum atomic E-state index is -5.86. The summed E-state index contributed by atoms with van der Waals surface area (Å²) in [4.78, 5) is 10.7. The number of amides is 1. The minimum absolute atomic E-state index is 0.243. The molecule has 0 aromatic heterocycles. The van der Waals surface area contributed by atoms with Crippen LogP contribution in [0.1, 0.15) is 27.2 Å². The zero-order valence-electron chi connectivity index (χ0n) is 8.51. The van der Waals surface area contributed by atoms with Gasteiger partial charge in [0, 0.05) is 5.54 Å². The highest BCUT2D eigenvalue weighted by molar-refractivity contribution is 5.84. The van der Waals surface area contributed by atoms with Crippen LogP contribution in [0.4, 0.5) is 22.0 Å². The lowest BCUT2D eigenvalue weighted by Crippen LogP contribution is -2.55. The van der Waals surface area contributed by atoms with Crippen LogP contribution in [0.25, 0.3) is 0 Å². The molecule has 0 rings (SSSR count). The summed E-state index contributed by atoms with van der Waals surface area (Å²) in [6.07, 6.45) is -5.62. The van der Waals surface area contributed by atoms with Crippen LogP contribution in [-0.4, -0.2) is 23.5 Å². The summed E-state index contributed by atoms with van der Waals surface area (Å²) < 4.78 is 60.2. The number of halogens is 5. The molecule has 0 aliphatic carbocycles. The van der Waals surface area contributed by atoms with E-state index in [1.807, 2.05) is 0 Å². The molecule has 0 heterocycles. The van der Waals surface area contributed by atoms with E-state index < -0.39 is 23.5 Å². The zero-order chi connectivity index (χ0) is 12.5. The van der Waals surface area contributed by atoms with E-state index in [4.69, 9.17) is 0 Å². The normalized spacial score (nSPS) is 13.9. The molecule has 7 heteroatoms. The Morgan fingerprint density at radius 2 is 1.53 bits per heavy atom. The van der Waals surface area contributed by atoms with Gasteiger partial charge in [-0.05, 0) is 20.3 Å². The third-order valence-corrected chi connectivity index (χ3v) is 1.98. The average molecular weight is 233 g/mol. The van der Waals surface area contributed by atoms with Crippen molar-refractivity contribution in [3.8, 4) is 0 Å². The van der Waals surface area contributed by atoms with Crippen LogP contribution < -0.4 is 5.32 Å². The van der Waals surface area contributed by atoms with Crippen LogP contribution >= 0.6 is 0 Å². The van der Waals surface area contributed by atoms with E-state index in [0.717, 1.165) is 0 Å². The van der Waals surface area contributed by atoms with E-state index in [1.54, 1.807) is 12.2 Å². The fraction of sp³-hybridized carbons (Fsp3) is 0.875. The van der Waals surface area contributed by atoms with Crippen LogP contribution in [0.2, 0.25) is 0 Å². The number of hydrogen-bond donors (Lipinski definition) is 1. The van der Waals surface area contributed by atoms with Gasteiger partial charge < -0.3 is 5.32 Å². The predicted octanol–water partition coefficient (Wildman–Crippen LogP) is 2.49. The van der Waals surface area contributed by atoms with Crippen molar-refractivity contribution in [3.05, 3.63) is 0 Å². The lowest BCUT2D eigenvalue weighted by atomic mass is 10.0. The van der Waals surface area contributed by atoms with Crippen LogP contribution in [0.15, 0.2) is 0 Å². The van der Waals surface area contributed by atoms with Crippen LogP contribution in [0, 0.1) is 0 Å². The Balaban J connectivity index is 4.74. The van der Waals surface area contributed by atoms with Crippen LogP contribution in [0.5, 0.6) is 0 Å². The fourth-order valence-corrected chi connectivity index (χ4v) is 0.603. The third kappa shape index (κ3) is 3.32. The molecule has 0 aromatic rings. The molecule has 0 atom stereocenters. The van der Waals surface area contributed by atoms with Gasteiger partial charge in [-0.3, -0.25) is 4.79 Å². The minimum Gasteiger partial charge on any atom is -0.346 e. The van der Waals surface area contributed by atoms with E-state index in [-0.39, 0.29) is 6.42 Å². The second-order valence-corrected chi connectivity index (χ2v) is 3.76. The van der Waals surface area contributed by atoms with Crippen molar-refractivity contribution < 1.29 is 26.7 Å². The first-order valence-corrected chi connectivity index (χ1v) is 4.21. The van der Waals surface area contributed by atoms with Gasteiger partial charge in [0.05, 0.1) is 0 Å². The van der Waals surface area contributed by atoms with Crippen molar-refractivity contribution >= 4 is 5.91 Å². The number of nitrogens with one attached hydrogen (secondary N) is 1. The van der Waals surface area contributed by atoms with Gasteiger partial charge in [-0.1, -0.05) is 6.92 Å². The Labute approximate surface area is 83.8 Å². The Bertz CT molecular complexity index is 246. The first-order chi connectivity index (χ1) is 6.44. The van der Waals surface area contributed by atoms with E-state index in [1.165, 1.54) is 13.8 Å². The second kappa shape index (κ2) is 3.94. The van der Waals surface area contributed by atoms with Gasteiger partial charge in [0.2, 0.25) is 0 Å². The highest BCUT2D eigenvalue weighted by Crippen LogP contribution is 2.35. The van der Waals surface area contributed by atoms with Crippen molar-refractivity contribution in [3.63, 3.8) is 0 Å². The van der Waals surface area contributed by atoms with Gasteiger partial charge in [-0.15, -0.1) is 0 Å². The molecule has 1 amide bonds. The molecule has 0 bridgehead atoms. The largest absolute Gasteiger partial charge is 0.463 e. The molecule has 0 fully saturated rings. The van der Waals surface area contributed by atoms with Crippen LogP contribution in [-0.2, 0) is 4.79 Å². The maximum atomic E-state index is 12.5. The summed E-state index contributed by atoms with van der Waals surface area (Å²) in [7, 11) is 0. The van der Waals surface area contributed by atoms with Gasteiger partial charge in [-0.25, -0.2) is 0 Å². The molecule has 0 aliphatic rings. The summed E-state index contributed by atoms with van der Waals surface area (Å²) in [5, 5.41) is 1.64. The molecule has 0 saturated heterocycles. The standard InChI is InChI=1S/C8H12F5NO/c1-4-6(2,3)14-5(15)7(9,10)8(11,12)13/h4H2,1-3H3,(H,14,15). The smallest absolute Gasteiger partial charge is 0.346 e. The highest BCUT2D eigenvalue weighted by atomic mass is 19.4. The topological polar surface area (TPSA) is 29.1 Å². The molecular weight excluding hydrogens is 221 g/mol. The highest BCUT2D eigenvalue weighted by Gasteiger charge is 2.63. The number of hydrogen-bond acceptors (Lipinski definition) is 1. The summed E-state index contributed by atoms with van der Waals surface area (Å²) in [5.41, 5.74) is -1.09. The molecule has 0 radical (unpaired) electrons. The van der Waals surface area contributed by atoms with E-state index in [9.17, 15) is 26.7 Å². The third-order valence-electron chi connectivity index (χ3n) is 1.98. The number of carbonyl (C=O) groups is 1. The van der Waals surface area contributed by atoms with E-state index >= 15 is 0 Å². The SMILES string of the molecule is CCC(C)(C)NC(=O)C(F)(F)C(F)(F)F. The molecule has 0 aliphatic heterocycles. The number of alkyl halides is 5. The van der Waals surface area contributed by atoms with Gasteiger partial charge in [0.25, 0.3) is 0 Å². The summed E-state index contributed by atoms with van der Waals surface area (Å²) in [6.45, 7) is 4.28. The molecule has 0 spiro atoms. The zero-order valence-corrected chi connectivity index (χ0v) is 8.51. The molecule has 1 N–H and O–H groups in total. The monoisotopic (exact) mass is 233 g/mol. The van der Waals surface area contributed by atoms with Crippen LogP contribution in [0.3, 0.4) is 0 Å². The Morgan fingerprint density at radius 3 is 1.80 bits per heavy atom. The number of rotatable bonds is 3. The Hall–Kier alpha value is -0.880. The Morgan fingerprint density at radius 1 is 1.13 bits per heavy atom. The predicted molar refractivity (Wildman–Crippen MR) is 43.5 cm³/mol. The maximum absolute atomic E-state index is 12.5. The molecule has 2 nitrogen and oxygen atoms in total. The van der Waals surface area contributed by atoms with Crippen molar-refractivity contribution in [2.45, 2.75) is 44.8 Å². The van der Waals surface area contributed by atoms with Gasteiger partial charge in [-0.2, -0.15) is 22.0 Å². The lowest BCUT2D eigenvalue weighted by Gasteiger charge is -2.28. The number of carbonyl (C=O) groups excluding carboxylic acids is 1. The van der Waals surface area contributed by atoms with Gasteiger partial charge >= 0.3 is 18.0 Å². The molecule has 0 saturated carbocycles. The first-order valence-electron chi connectivity index (χ1n) is 4.21. The molecule has 0 aromatic carbocycles. The van der Waals surface area contributed by atoms with E-state index in [2.05, 4.69) is 0 Å².